The van der Waals surface area contributed by atoms with E-state index in [1.165, 1.54) is 10.9 Å². The molecule has 0 aliphatic carbocycles. The molecule has 5 rings (SSSR count). The maximum Gasteiger partial charge on any atom is 0.254 e. The molecule has 0 saturated carbocycles. The van der Waals surface area contributed by atoms with Crippen LogP contribution in [-0.4, -0.2) is 28.9 Å². The van der Waals surface area contributed by atoms with E-state index in [2.05, 4.69) is 35.3 Å². The number of ether oxygens (including phenoxy) is 1. The highest BCUT2D eigenvalue weighted by atomic mass is 16.5. The van der Waals surface area contributed by atoms with Crippen LogP contribution in [0.1, 0.15) is 45.7 Å². The van der Waals surface area contributed by atoms with Gasteiger partial charge in [-0.15, -0.1) is 0 Å². The smallest absolute Gasteiger partial charge is 0.254 e. The molecule has 156 valence electrons. The number of carbonyl (C=O) groups excluding carboxylic acids is 1. The number of benzene rings is 3. The second-order valence-electron chi connectivity index (χ2n) is 8.03. The first kappa shape index (κ1) is 19.4. The topological polar surface area (TPSA) is 45.3 Å². The number of para-hydroxylation sites is 1. The van der Waals surface area contributed by atoms with Gasteiger partial charge in [0.25, 0.3) is 5.91 Å². The Morgan fingerprint density at radius 3 is 2.55 bits per heavy atom. The summed E-state index contributed by atoms with van der Waals surface area (Å²) in [6, 6.07) is 24.2. The van der Waals surface area contributed by atoms with Crippen LogP contribution in [-0.2, 0) is 6.42 Å². The number of aromatic amines is 1. The predicted octanol–water partition coefficient (Wildman–Crippen LogP) is 5.66. The average molecular weight is 411 g/mol. The Kier molecular flexibility index (Phi) is 4.99. The van der Waals surface area contributed by atoms with Crippen LogP contribution in [0.15, 0.2) is 72.8 Å². The summed E-state index contributed by atoms with van der Waals surface area (Å²) in [6.07, 6.45) is 0.838. The Balaban J connectivity index is 1.64. The van der Waals surface area contributed by atoms with Gasteiger partial charge in [-0.1, -0.05) is 48.5 Å². The van der Waals surface area contributed by atoms with Crippen LogP contribution >= 0.6 is 0 Å². The van der Waals surface area contributed by atoms with Gasteiger partial charge in [0.15, 0.2) is 0 Å². The molecule has 0 spiro atoms. The van der Waals surface area contributed by atoms with E-state index in [0.717, 1.165) is 40.1 Å². The summed E-state index contributed by atoms with van der Waals surface area (Å²) in [5.41, 5.74) is 6.38. The van der Waals surface area contributed by atoms with Crippen molar-refractivity contribution >= 4 is 16.8 Å². The van der Waals surface area contributed by atoms with Gasteiger partial charge in [0.05, 0.1) is 12.6 Å². The largest absolute Gasteiger partial charge is 0.494 e. The van der Waals surface area contributed by atoms with Crippen LogP contribution in [0, 0.1) is 6.92 Å². The van der Waals surface area contributed by atoms with Crippen molar-refractivity contribution in [3.8, 4) is 5.75 Å². The number of rotatable bonds is 4. The fourth-order valence-electron chi connectivity index (χ4n) is 4.69. The third-order valence-corrected chi connectivity index (χ3v) is 6.18. The van der Waals surface area contributed by atoms with E-state index in [0.29, 0.717) is 13.2 Å². The molecule has 4 heteroatoms. The molecule has 0 saturated heterocycles. The molecule has 0 bridgehead atoms. The standard InChI is InChI=1S/C27H26N2O2/c1-3-31-20-14-12-19(13-15-20)26-25-23(22-10-6-7-11-24(22)28-25)16-17-29(26)27(30)21-9-5-4-8-18(21)2/h4-15,26,28H,3,16-17H2,1-2H3. The Labute approximate surface area is 182 Å². The molecule has 0 fully saturated rings. The van der Waals surface area contributed by atoms with Gasteiger partial charge in [-0.25, -0.2) is 0 Å². The minimum Gasteiger partial charge on any atom is -0.494 e. The van der Waals surface area contributed by atoms with E-state index in [1.807, 2.05) is 61.2 Å². The van der Waals surface area contributed by atoms with Crippen molar-refractivity contribution in [1.82, 2.24) is 9.88 Å². The minimum atomic E-state index is -0.168. The molecular formula is C27H26N2O2. The summed E-state index contributed by atoms with van der Waals surface area (Å²) >= 11 is 0. The first-order valence-corrected chi connectivity index (χ1v) is 10.9. The van der Waals surface area contributed by atoms with Crippen LogP contribution in [0.4, 0.5) is 0 Å². The Morgan fingerprint density at radius 2 is 1.77 bits per heavy atom. The van der Waals surface area contributed by atoms with Crippen LogP contribution in [0.3, 0.4) is 0 Å². The summed E-state index contributed by atoms with van der Waals surface area (Å²) in [4.78, 5) is 19.3. The summed E-state index contributed by atoms with van der Waals surface area (Å²) in [6.45, 7) is 5.29. The normalized spacial score (nSPS) is 15.7. The van der Waals surface area contributed by atoms with E-state index in [-0.39, 0.29) is 11.9 Å². The Morgan fingerprint density at radius 1 is 1.03 bits per heavy atom. The lowest BCUT2D eigenvalue weighted by Crippen LogP contribution is -2.40. The molecule has 1 aliphatic heterocycles. The molecule has 4 aromatic rings. The molecular weight excluding hydrogens is 384 g/mol. The van der Waals surface area contributed by atoms with Crippen molar-refractivity contribution in [3.63, 3.8) is 0 Å². The third kappa shape index (κ3) is 3.38. The van der Waals surface area contributed by atoms with Gasteiger partial charge in [-0.2, -0.15) is 0 Å². The zero-order valence-electron chi connectivity index (χ0n) is 17.9. The molecule has 1 N–H and O–H groups in total. The fraction of sp³-hybridized carbons (Fsp3) is 0.222. The third-order valence-electron chi connectivity index (χ3n) is 6.18. The summed E-state index contributed by atoms with van der Waals surface area (Å²) in [7, 11) is 0. The van der Waals surface area contributed by atoms with Crippen molar-refractivity contribution in [2.75, 3.05) is 13.2 Å². The fourth-order valence-corrected chi connectivity index (χ4v) is 4.69. The number of nitrogens with one attached hydrogen (secondary N) is 1. The van der Waals surface area contributed by atoms with Gasteiger partial charge in [0.2, 0.25) is 0 Å². The number of fused-ring (bicyclic) bond motifs is 3. The van der Waals surface area contributed by atoms with Crippen LogP contribution in [0.25, 0.3) is 10.9 Å². The minimum absolute atomic E-state index is 0.0706. The molecule has 31 heavy (non-hydrogen) atoms. The molecule has 1 aromatic heterocycles. The molecule has 2 heterocycles. The van der Waals surface area contributed by atoms with Gasteiger partial charge >= 0.3 is 0 Å². The van der Waals surface area contributed by atoms with Gasteiger partial charge in [-0.3, -0.25) is 4.79 Å². The highest BCUT2D eigenvalue weighted by molar-refractivity contribution is 5.97. The second kappa shape index (κ2) is 7.95. The molecule has 3 aromatic carbocycles. The lowest BCUT2D eigenvalue weighted by Gasteiger charge is -2.36. The van der Waals surface area contributed by atoms with Crippen LogP contribution < -0.4 is 4.74 Å². The van der Waals surface area contributed by atoms with Crippen LogP contribution in [0.5, 0.6) is 5.75 Å². The van der Waals surface area contributed by atoms with E-state index < -0.39 is 0 Å². The molecule has 1 aliphatic rings. The summed E-state index contributed by atoms with van der Waals surface area (Å²) < 4.78 is 5.64. The molecule has 0 radical (unpaired) electrons. The van der Waals surface area contributed by atoms with Crippen molar-refractivity contribution in [2.24, 2.45) is 0 Å². The second-order valence-corrected chi connectivity index (χ2v) is 8.03. The highest BCUT2D eigenvalue weighted by Crippen LogP contribution is 2.39. The van der Waals surface area contributed by atoms with Crippen molar-refractivity contribution in [1.29, 1.82) is 0 Å². The zero-order chi connectivity index (χ0) is 21.4. The number of H-pyrrole nitrogens is 1. The molecule has 1 atom stereocenters. The van der Waals surface area contributed by atoms with Gasteiger partial charge in [-0.05, 0) is 61.2 Å². The molecule has 1 amide bonds. The van der Waals surface area contributed by atoms with E-state index in [4.69, 9.17) is 4.74 Å². The van der Waals surface area contributed by atoms with Crippen molar-refractivity contribution < 1.29 is 9.53 Å². The quantitative estimate of drug-likeness (QED) is 0.472. The number of aryl methyl sites for hydroxylation is 1. The van der Waals surface area contributed by atoms with Crippen LogP contribution in [0.2, 0.25) is 0 Å². The summed E-state index contributed by atoms with van der Waals surface area (Å²) in [5.74, 6) is 0.914. The molecule has 1 unspecified atom stereocenters. The average Bonchev–Trinajstić information content (AvgIpc) is 3.18. The number of amides is 1. The number of carbonyl (C=O) groups is 1. The predicted molar refractivity (Wildman–Crippen MR) is 124 cm³/mol. The Bertz CT molecular complexity index is 1240. The number of aromatic nitrogens is 1. The highest BCUT2D eigenvalue weighted by Gasteiger charge is 2.35. The van der Waals surface area contributed by atoms with Gasteiger partial charge in [0.1, 0.15) is 5.75 Å². The van der Waals surface area contributed by atoms with E-state index in [1.54, 1.807) is 0 Å². The first-order valence-electron chi connectivity index (χ1n) is 10.9. The lowest BCUT2D eigenvalue weighted by atomic mass is 9.91. The monoisotopic (exact) mass is 410 g/mol. The summed E-state index contributed by atoms with van der Waals surface area (Å²) in [5, 5.41) is 1.25. The Hall–Kier alpha value is -3.53. The maximum absolute atomic E-state index is 13.7. The lowest BCUT2D eigenvalue weighted by molar-refractivity contribution is 0.0691. The van der Waals surface area contributed by atoms with Crippen molar-refractivity contribution in [2.45, 2.75) is 26.3 Å². The number of nitrogens with zero attached hydrogens (tertiary/aromatic N) is 1. The number of hydrogen-bond donors (Lipinski definition) is 1. The van der Waals surface area contributed by atoms with E-state index >= 15 is 0 Å². The SMILES string of the molecule is CCOc1ccc(C2c3[nH]c4ccccc4c3CCN2C(=O)c2ccccc2C)cc1. The first-order chi connectivity index (χ1) is 15.2. The number of hydrogen-bond acceptors (Lipinski definition) is 2. The van der Waals surface area contributed by atoms with E-state index in [9.17, 15) is 4.79 Å². The van der Waals surface area contributed by atoms with Gasteiger partial charge < -0.3 is 14.6 Å². The maximum atomic E-state index is 13.7. The van der Waals surface area contributed by atoms with Gasteiger partial charge in [0, 0.05) is 28.7 Å². The zero-order valence-corrected chi connectivity index (χ0v) is 17.9. The molecule has 4 nitrogen and oxygen atoms in total. The van der Waals surface area contributed by atoms with Crippen molar-refractivity contribution in [3.05, 3.63) is 101 Å².